The van der Waals surface area contributed by atoms with Crippen LogP contribution in [0.15, 0.2) is 12.3 Å². The molecule has 0 saturated carbocycles. The first kappa shape index (κ1) is 14.1. The van der Waals surface area contributed by atoms with Crippen molar-refractivity contribution in [2.24, 2.45) is 11.8 Å². The molecule has 1 aromatic heterocycles. The molecule has 0 aliphatic carbocycles. The number of hydrogen-bond acceptors (Lipinski definition) is 3. The van der Waals surface area contributed by atoms with E-state index in [1.54, 1.807) is 12.3 Å². The maximum Gasteiger partial charge on any atom is 0.255 e. The molecule has 2 unspecified atom stereocenters. The van der Waals surface area contributed by atoms with E-state index in [1.165, 1.54) is 0 Å². The second-order valence-corrected chi connectivity index (χ2v) is 5.66. The number of carbonyl (C=O) groups is 1. The van der Waals surface area contributed by atoms with Crippen molar-refractivity contribution < 1.29 is 4.79 Å². The smallest absolute Gasteiger partial charge is 0.255 e. The molecule has 1 amide bonds. The molecule has 4 nitrogen and oxygen atoms in total. The Morgan fingerprint density at radius 3 is 2.63 bits per heavy atom. The van der Waals surface area contributed by atoms with Gasteiger partial charge in [0.05, 0.1) is 10.6 Å². The van der Waals surface area contributed by atoms with E-state index in [9.17, 15) is 4.79 Å². The third-order valence-corrected chi connectivity index (χ3v) is 4.00. The first-order valence-corrected chi connectivity index (χ1v) is 7.09. The lowest BCUT2D eigenvalue weighted by Gasteiger charge is -2.16. The summed E-state index contributed by atoms with van der Waals surface area (Å²) in [7, 11) is 0. The molecule has 19 heavy (non-hydrogen) atoms. The molecular formula is C14H20ClN3O. The quantitative estimate of drug-likeness (QED) is 0.927. The molecule has 1 aliphatic rings. The molecule has 0 aromatic carbocycles. The number of pyridine rings is 1. The first-order valence-electron chi connectivity index (χ1n) is 6.71. The second-order valence-electron chi connectivity index (χ2n) is 5.25. The summed E-state index contributed by atoms with van der Waals surface area (Å²) >= 11 is 6.12. The summed E-state index contributed by atoms with van der Waals surface area (Å²) in [5, 5.41) is 3.55. The van der Waals surface area contributed by atoms with Gasteiger partial charge in [-0.3, -0.25) is 4.79 Å². The van der Waals surface area contributed by atoms with E-state index in [0.29, 0.717) is 28.2 Å². The van der Waals surface area contributed by atoms with Gasteiger partial charge in [0, 0.05) is 25.8 Å². The number of carbonyl (C=O) groups excluding carboxylic acids is 1. The molecule has 5 heteroatoms. The van der Waals surface area contributed by atoms with Crippen LogP contribution in [0.1, 0.15) is 31.1 Å². The summed E-state index contributed by atoms with van der Waals surface area (Å²) in [5.41, 5.74) is 0.563. The normalized spacial score (nSPS) is 22.6. The Balaban J connectivity index is 2.14. The van der Waals surface area contributed by atoms with E-state index in [-0.39, 0.29) is 5.91 Å². The van der Waals surface area contributed by atoms with Crippen LogP contribution in [0.2, 0.25) is 5.02 Å². The highest BCUT2D eigenvalue weighted by Gasteiger charge is 2.30. The molecule has 2 heterocycles. The molecule has 1 saturated heterocycles. The number of anilines is 1. The van der Waals surface area contributed by atoms with Crippen LogP contribution in [0.25, 0.3) is 0 Å². The highest BCUT2D eigenvalue weighted by Crippen LogP contribution is 2.25. The van der Waals surface area contributed by atoms with Crippen molar-refractivity contribution in [3.63, 3.8) is 0 Å². The number of hydrogen-bond donors (Lipinski definition) is 1. The predicted molar refractivity (Wildman–Crippen MR) is 77.6 cm³/mol. The number of amides is 1. The minimum atomic E-state index is 0.0219. The van der Waals surface area contributed by atoms with Crippen molar-refractivity contribution in [2.45, 2.75) is 20.8 Å². The topological polar surface area (TPSA) is 45.2 Å². The SMILES string of the molecule is CCNc1ncc(C(=O)N2CC(C)C(C)C2)cc1Cl. The lowest BCUT2D eigenvalue weighted by atomic mass is 10.0. The first-order chi connectivity index (χ1) is 9.02. The molecule has 0 spiro atoms. The standard InChI is InChI=1S/C14H20ClN3O/c1-4-16-13-12(15)5-11(6-17-13)14(19)18-7-9(2)10(3)8-18/h5-6,9-10H,4,7-8H2,1-3H3,(H,16,17). The Bertz CT molecular complexity index is 468. The van der Waals surface area contributed by atoms with Crippen LogP contribution in [0, 0.1) is 11.8 Å². The van der Waals surface area contributed by atoms with E-state index in [1.807, 2.05) is 11.8 Å². The van der Waals surface area contributed by atoms with Gasteiger partial charge < -0.3 is 10.2 Å². The highest BCUT2D eigenvalue weighted by atomic mass is 35.5. The van der Waals surface area contributed by atoms with Crippen LogP contribution in [0.4, 0.5) is 5.82 Å². The van der Waals surface area contributed by atoms with Crippen molar-refractivity contribution in [1.29, 1.82) is 0 Å². The van der Waals surface area contributed by atoms with Gasteiger partial charge in [-0.05, 0) is 24.8 Å². The zero-order chi connectivity index (χ0) is 14.0. The molecule has 2 atom stereocenters. The summed E-state index contributed by atoms with van der Waals surface area (Å²) in [6, 6.07) is 1.70. The summed E-state index contributed by atoms with van der Waals surface area (Å²) in [5.74, 6) is 1.75. The van der Waals surface area contributed by atoms with Gasteiger partial charge in [-0.2, -0.15) is 0 Å². The predicted octanol–water partition coefficient (Wildman–Crippen LogP) is 2.89. The van der Waals surface area contributed by atoms with E-state index < -0.39 is 0 Å². The van der Waals surface area contributed by atoms with Crippen LogP contribution >= 0.6 is 11.6 Å². The van der Waals surface area contributed by atoms with Crippen molar-refractivity contribution in [3.8, 4) is 0 Å². The van der Waals surface area contributed by atoms with Gasteiger partial charge in [-0.25, -0.2) is 4.98 Å². The fourth-order valence-corrected chi connectivity index (χ4v) is 2.56. The average Bonchev–Trinajstić information content (AvgIpc) is 2.71. The van der Waals surface area contributed by atoms with Crippen LogP contribution < -0.4 is 5.32 Å². The molecule has 1 aliphatic heterocycles. The molecule has 1 N–H and O–H groups in total. The van der Waals surface area contributed by atoms with Gasteiger partial charge in [0.2, 0.25) is 0 Å². The average molecular weight is 282 g/mol. The molecule has 1 aromatic rings. The van der Waals surface area contributed by atoms with Gasteiger partial charge in [-0.1, -0.05) is 25.4 Å². The Morgan fingerprint density at radius 2 is 2.11 bits per heavy atom. The van der Waals surface area contributed by atoms with Crippen molar-refractivity contribution in [1.82, 2.24) is 9.88 Å². The number of rotatable bonds is 3. The molecule has 104 valence electrons. The Labute approximate surface area is 119 Å². The Morgan fingerprint density at radius 1 is 1.47 bits per heavy atom. The lowest BCUT2D eigenvalue weighted by Crippen LogP contribution is -2.29. The van der Waals surface area contributed by atoms with Crippen molar-refractivity contribution in [3.05, 3.63) is 22.8 Å². The number of nitrogens with one attached hydrogen (secondary N) is 1. The second kappa shape index (κ2) is 5.78. The zero-order valence-corrected chi connectivity index (χ0v) is 12.4. The van der Waals surface area contributed by atoms with Crippen molar-refractivity contribution >= 4 is 23.3 Å². The van der Waals surface area contributed by atoms with Gasteiger partial charge >= 0.3 is 0 Å². The Kier molecular flexibility index (Phi) is 4.30. The number of halogens is 1. The summed E-state index contributed by atoms with van der Waals surface area (Å²) < 4.78 is 0. The monoisotopic (exact) mass is 281 g/mol. The fraction of sp³-hybridized carbons (Fsp3) is 0.571. The van der Waals surface area contributed by atoms with Crippen LogP contribution in [-0.4, -0.2) is 35.4 Å². The number of likely N-dealkylation sites (tertiary alicyclic amines) is 1. The Hall–Kier alpha value is -1.29. The van der Waals surface area contributed by atoms with E-state index in [2.05, 4.69) is 24.1 Å². The molecule has 0 radical (unpaired) electrons. The molecule has 2 rings (SSSR count). The summed E-state index contributed by atoms with van der Waals surface area (Å²) in [6.45, 7) is 8.71. The zero-order valence-electron chi connectivity index (χ0n) is 11.6. The summed E-state index contributed by atoms with van der Waals surface area (Å²) in [6.07, 6.45) is 1.60. The largest absolute Gasteiger partial charge is 0.369 e. The van der Waals surface area contributed by atoms with Gasteiger partial charge in [0.15, 0.2) is 0 Å². The van der Waals surface area contributed by atoms with E-state index >= 15 is 0 Å². The van der Waals surface area contributed by atoms with Crippen LogP contribution in [-0.2, 0) is 0 Å². The third kappa shape index (κ3) is 3.00. The highest BCUT2D eigenvalue weighted by molar-refractivity contribution is 6.33. The summed E-state index contributed by atoms with van der Waals surface area (Å²) in [4.78, 5) is 18.5. The number of nitrogens with zero attached hydrogens (tertiary/aromatic N) is 2. The van der Waals surface area contributed by atoms with E-state index in [4.69, 9.17) is 11.6 Å². The van der Waals surface area contributed by atoms with E-state index in [0.717, 1.165) is 19.6 Å². The van der Waals surface area contributed by atoms with Crippen molar-refractivity contribution in [2.75, 3.05) is 25.0 Å². The minimum absolute atomic E-state index is 0.0219. The third-order valence-electron chi connectivity index (χ3n) is 3.71. The molecule has 0 bridgehead atoms. The van der Waals surface area contributed by atoms with Gasteiger partial charge in [0.1, 0.15) is 5.82 Å². The molecular weight excluding hydrogens is 262 g/mol. The number of aromatic nitrogens is 1. The molecule has 1 fully saturated rings. The van der Waals surface area contributed by atoms with Gasteiger partial charge in [-0.15, -0.1) is 0 Å². The van der Waals surface area contributed by atoms with Crippen LogP contribution in [0.3, 0.4) is 0 Å². The fourth-order valence-electron chi connectivity index (χ4n) is 2.33. The maximum absolute atomic E-state index is 12.4. The lowest BCUT2D eigenvalue weighted by molar-refractivity contribution is 0.0784. The van der Waals surface area contributed by atoms with Gasteiger partial charge in [0.25, 0.3) is 5.91 Å². The van der Waals surface area contributed by atoms with Crippen LogP contribution in [0.5, 0.6) is 0 Å². The minimum Gasteiger partial charge on any atom is -0.369 e. The maximum atomic E-state index is 12.4.